The van der Waals surface area contributed by atoms with E-state index in [1.54, 1.807) is 11.8 Å². The molecule has 24 heavy (non-hydrogen) atoms. The van der Waals surface area contributed by atoms with Gasteiger partial charge in [-0.1, -0.05) is 48.5 Å². The Hall–Kier alpha value is -1.74. The average Bonchev–Trinajstić information content (AvgIpc) is 3.08. The SMILES string of the molecule is C[C@H](SCc1ccccc1)C(=O)N[C@H](C)c1ccc2c(c1)CCC2. The van der Waals surface area contributed by atoms with E-state index in [0.29, 0.717) is 0 Å². The molecule has 0 bridgehead atoms. The monoisotopic (exact) mass is 339 g/mol. The first-order valence-electron chi connectivity index (χ1n) is 8.71. The van der Waals surface area contributed by atoms with Gasteiger partial charge in [0.25, 0.3) is 0 Å². The highest BCUT2D eigenvalue weighted by atomic mass is 32.2. The Kier molecular flexibility index (Phi) is 5.62. The molecular formula is C21H25NOS. The number of rotatable bonds is 6. The van der Waals surface area contributed by atoms with Crippen LogP contribution in [0.5, 0.6) is 0 Å². The van der Waals surface area contributed by atoms with Crippen molar-refractivity contribution in [2.75, 3.05) is 0 Å². The third kappa shape index (κ3) is 4.21. The maximum atomic E-state index is 12.4. The highest BCUT2D eigenvalue weighted by molar-refractivity contribution is 7.99. The van der Waals surface area contributed by atoms with E-state index in [-0.39, 0.29) is 17.2 Å². The molecular weight excluding hydrogens is 314 g/mol. The van der Waals surface area contributed by atoms with Crippen LogP contribution in [0.25, 0.3) is 0 Å². The van der Waals surface area contributed by atoms with Crippen molar-refractivity contribution in [2.24, 2.45) is 0 Å². The lowest BCUT2D eigenvalue weighted by Gasteiger charge is -2.18. The second-order valence-electron chi connectivity index (χ2n) is 6.55. The summed E-state index contributed by atoms with van der Waals surface area (Å²) in [5.41, 5.74) is 5.40. The Labute approximate surface area is 149 Å². The number of thioether (sulfide) groups is 1. The number of amides is 1. The zero-order valence-corrected chi connectivity index (χ0v) is 15.2. The molecule has 0 radical (unpaired) electrons. The van der Waals surface area contributed by atoms with E-state index in [1.807, 2.05) is 25.1 Å². The summed E-state index contributed by atoms with van der Waals surface area (Å²) in [6.45, 7) is 4.06. The molecule has 2 nitrogen and oxygen atoms in total. The van der Waals surface area contributed by atoms with Gasteiger partial charge in [0, 0.05) is 5.75 Å². The second kappa shape index (κ2) is 7.89. The van der Waals surface area contributed by atoms with Crippen LogP contribution < -0.4 is 5.32 Å². The Morgan fingerprint density at radius 2 is 1.83 bits per heavy atom. The molecule has 0 unspecified atom stereocenters. The van der Waals surface area contributed by atoms with Crippen LogP contribution in [0, 0.1) is 0 Å². The normalized spacial score (nSPS) is 15.6. The van der Waals surface area contributed by atoms with Crippen molar-refractivity contribution in [3.05, 3.63) is 70.8 Å². The van der Waals surface area contributed by atoms with Crippen LogP contribution in [-0.4, -0.2) is 11.2 Å². The first-order valence-corrected chi connectivity index (χ1v) is 9.76. The van der Waals surface area contributed by atoms with Crippen LogP contribution >= 0.6 is 11.8 Å². The predicted octanol–water partition coefficient (Wildman–Crippen LogP) is 4.67. The Balaban J connectivity index is 1.53. The van der Waals surface area contributed by atoms with E-state index in [9.17, 15) is 4.79 Å². The predicted molar refractivity (Wildman–Crippen MR) is 102 cm³/mol. The topological polar surface area (TPSA) is 29.1 Å². The molecule has 2 atom stereocenters. The Morgan fingerprint density at radius 3 is 2.62 bits per heavy atom. The number of aryl methyl sites for hydroxylation is 2. The lowest BCUT2D eigenvalue weighted by Crippen LogP contribution is -2.33. The van der Waals surface area contributed by atoms with Crippen molar-refractivity contribution in [2.45, 2.75) is 50.2 Å². The summed E-state index contributed by atoms with van der Waals surface area (Å²) in [6.07, 6.45) is 3.63. The summed E-state index contributed by atoms with van der Waals surface area (Å²) < 4.78 is 0. The third-order valence-corrected chi connectivity index (χ3v) is 5.91. The zero-order valence-electron chi connectivity index (χ0n) is 14.4. The largest absolute Gasteiger partial charge is 0.349 e. The van der Waals surface area contributed by atoms with Crippen molar-refractivity contribution in [1.82, 2.24) is 5.32 Å². The minimum absolute atomic E-state index is 0.0536. The number of nitrogens with one attached hydrogen (secondary N) is 1. The van der Waals surface area contributed by atoms with Crippen LogP contribution in [0.15, 0.2) is 48.5 Å². The summed E-state index contributed by atoms with van der Waals surface area (Å²) in [5, 5.41) is 3.11. The van der Waals surface area contributed by atoms with Crippen LogP contribution in [0.4, 0.5) is 0 Å². The molecule has 1 N–H and O–H groups in total. The molecule has 0 fully saturated rings. The maximum Gasteiger partial charge on any atom is 0.233 e. The molecule has 0 spiro atoms. The fourth-order valence-corrected chi connectivity index (χ4v) is 4.00. The third-order valence-electron chi connectivity index (χ3n) is 4.69. The van der Waals surface area contributed by atoms with Gasteiger partial charge in [-0.25, -0.2) is 0 Å². The number of hydrogen-bond acceptors (Lipinski definition) is 2. The molecule has 0 heterocycles. The molecule has 0 aromatic heterocycles. The highest BCUT2D eigenvalue weighted by Gasteiger charge is 2.18. The van der Waals surface area contributed by atoms with Gasteiger partial charge in [-0.15, -0.1) is 11.8 Å². The zero-order chi connectivity index (χ0) is 16.9. The average molecular weight is 340 g/mol. The summed E-state index contributed by atoms with van der Waals surface area (Å²) in [4.78, 5) is 12.4. The molecule has 3 heteroatoms. The minimum atomic E-state index is -0.0536. The van der Waals surface area contributed by atoms with Gasteiger partial charge in [-0.05, 0) is 55.4 Å². The molecule has 2 aromatic carbocycles. The van der Waals surface area contributed by atoms with E-state index in [1.165, 1.54) is 41.5 Å². The summed E-state index contributed by atoms with van der Waals surface area (Å²) >= 11 is 1.68. The molecule has 3 rings (SSSR count). The van der Waals surface area contributed by atoms with E-state index >= 15 is 0 Å². The fourth-order valence-electron chi connectivity index (χ4n) is 3.15. The highest BCUT2D eigenvalue weighted by Crippen LogP contribution is 2.26. The number of benzene rings is 2. The smallest absolute Gasteiger partial charge is 0.233 e. The van der Waals surface area contributed by atoms with E-state index in [4.69, 9.17) is 0 Å². The summed E-state index contributed by atoms with van der Waals surface area (Å²) in [6, 6.07) is 17.0. The lowest BCUT2D eigenvalue weighted by atomic mass is 10.0. The van der Waals surface area contributed by atoms with Gasteiger partial charge >= 0.3 is 0 Å². The van der Waals surface area contributed by atoms with Crippen molar-refractivity contribution in [3.8, 4) is 0 Å². The van der Waals surface area contributed by atoms with Gasteiger partial charge in [-0.3, -0.25) is 4.79 Å². The number of carbonyl (C=O) groups excluding carboxylic acids is 1. The van der Waals surface area contributed by atoms with Crippen molar-refractivity contribution < 1.29 is 4.79 Å². The van der Waals surface area contributed by atoms with E-state index in [0.717, 1.165) is 5.75 Å². The number of fused-ring (bicyclic) bond motifs is 1. The Bertz CT molecular complexity index is 698. The molecule has 1 amide bonds. The lowest BCUT2D eigenvalue weighted by molar-refractivity contribution is -0.120. The Morgan fingerprint density at radius 1 is 1.08 bits per heavy atom. The molecule has 0 saturated heterocycles. The molecule has 0 aliphatic heterocycles. The van der Waals surface area contributed by atoms with Gasteiger partial charge in [0.05, 0.1) is 11.3 Å². The van der Waals surface area contributed by atoms with Crippen LogP contribution in [0.1, 0.15) is 48.6 Å². The molecule has 1 aliphatic rings. The first-order chi connectivity index (χ1) is 11.6. The second-order valence-corrected chi connectivity index (χ2v) is 7.88. The quantitative estimate of drug-likeness (QED) is 0.828. The van der Waals surface area contributed by atoms with Gasteiger partial charge in [0.15, 0.2) is 0 Å². The van der Waals surface area contributed by atoms with Crippen LogP contribution in [0.2, 0.25) is 0 Å². The molecule has 0 saturated carbocycles. The van der Waals surface area contributed by atoms with Crippen molar-refractivity contribution in [1.29, 1.82) is 0 Å². The standard InChI is InChI=1S/C21H25NOS/c1-15(19-12-11-18-9-6-10-20(18)13-19)22-21(23)16(2)24-14-17-7-4-3-5-8-17/h3-5,7-8,11-13,15-16H,6,9-10,14H2,1-2H3,(H,22,23)/t15-,16+/m1/s1. The molecule has 2 aromatic rings. The fraction of sp³-hybridized carbons (Fsp3) is 0.381. The van der Waals surface area contributed by atoms with Gasteiger partial charge in [0.2, 0.25) is 5.91 Å². The van der Waals surface area contributed by atoms with Gasteiger partial charge in [-0.2, -0.15) is 0 Å². The van der Waals surface area contributed by atoms with Crippen molar-refractivity contribution >= 4 is 17.7 Å². The van der Waals surface area contributed by atoms with Crippen molar-refractivity contribution in [3.63, 3.8) is 0 Å². The maximum absolute atomic E-state index is 12.4. The van der Waals surface area contributed by atoms with E-state index in [2.05, 4.69) is 42.6 Å². The minimum Gasteiger partial charge on any atom is -0.349 e. The van der Waals surface area contributed by atoms with Crippen LogP contribution in [0.3, 0.4) is 0 Å². The van der Waals surface area contributed by atoms with E-state index < -0.39 is 0 Å². The number of carbonyl (C=O) groups is 1. The molecule has 1 aliphatic carbocycles. The molecule has 126 valence electrons. The summed E-state index contributed by atoms with van der Waals surface area (Å²) in [5.74, 6) is 0.978. The van der Waals surface area contributed by atoms with Crippen LogP contribution in [-0.2, 0) is 23.4 Å². The van der Waals surface area contributed by atoms with Gasteiger partial charge < -0.3 is 5.32 Å². The van der Waals surface area contributed by atoms with Gasteiger partial charge in [0.1, 0.15) is 0 Å². The first kappa shape index (κ1) is 17.1. The number of hydrogen-bond donors (Lipinski definition) is 1. The summed E-state index contributed by atoms with van der Waals surface area (Å²) in [7, 11) is 0.